The van der Waals surface area contributed by atoms with Crippen LogP contribution in [0.4, 0.5) is 0 Å². The lowest BCUT2D eigenvalue weighted by atomic mass is 10.1. The molecule has 0 radical (unpaired) electrons. The third kappa shape index (κ3) is 6.11. The minimum Gasteiger partial charge on any atom is -0.491 e. The second kappa shape index (κ2) is 11.7. The highest BCUT2D eigenvalue weighted by Crippen LogP contribution is 2.30. The highest BCUT2D eigenvalue weighted by Gasteiger charge is 2.38. The van der Waals surface area contributed by atoms with Crippen molar-refractivity contribution in [3.63, 3.8) is 0 Å². The molecule has 2 saturated heterocycles. The highest BCUT2D eigenvalue weighted by molar-refractivity contribution is 5.97. The molecule has 0 bridgehead atoms. The van der Waals surface area contributed by atoms with Gasteiger partial charge in [0.2, 0.25) is 0 Å². The first-order valence-electron chi connectivity index (χ1n) is 10.3. The highest BCUT2D eigenvalue weighted by atomic mass is 35.5. The number of carbonyl (C=O) groups excluding carboxylic acids is 1. The van der Waals surface area contributed by atoms with E-state index in [1.54, 1.807) is 0 Å². The van der Waals surface area contributed by atoms with E-state index in [0.717, 1.165) is 25.1 Å². The van der Waals surface area contributed by atoms with Gasteiger partial charge < -0.3 is 20.5 Å². The second-order valence-electron chi connectivity index (χ2n) is 7.88. The molecular weight excluding hydrogens is 437 g/mol. The minimum atomic E-state index is -0.0916. The maximum atomic E-state index is 13.0. The predicted octanol–water partition coefficient (Wildman–Crippen LogP) is 3.12. The molecule has 2 aliphatic heterocycles. The number of morpholine rings is 1. The van der Waals surface area contributed by atoms with Gasteiger partial charge in [0.25, 0.3) is 5.91 Å². The molecule has 0 aliphatic carbocycles. The number of hydrogen-bond donors (Lipinski definition) is 2. The predicted molar refractivity (Wildman–Crippen MR) is 127 cm³/mol. The fourth-order valence-electron chi connectivity index (χ4n) is 4.23. The smallest absolute Gasteiger partial charge is 0.255 e. The molecule has 8 heteroatoms. The van der Waals surface area contributed by atoms with Gasteiger partial charge >= 0.3 is 0 Å². The molecule has 31 heavy (non-hydrogen) atoms. The molecule has 2 aliphatic rings. The summed E-state index contributed by atoms with van der Waals surface area (Å²) in [5.74, 6) is 0.493. The number of hydrogen-bond acceptors (Lipinski definition) is 5. The first-order valence-corrected chi connectivity index (χ1v) is 10.3. The van der Waals surface area contributed by atoms with Gasteiger partial charge in [-0.25, -0.2) is 0 Å². The summed E-state index contributed by atoms with van der Waals surface area (Å²) in [7, 11) is 0. The van der Waals surface area contributed by atoms with Crippen molar-refractivity contribution < 1.29 is 14.3 Å². The number of ether oxygens (including phenoxy) is 2. The summed E-state index contributed by atoms with van der Waals surface area (Å²) < 4.78 is 11.8. The molecule has 170 valence electrons. The molecule has 6 nitrogen and oxygen atoms in total. The van der Waals surface area contributed by atoms with Gasteiger partial charge in [-0.1, -0.05) is 42.0 Å². The Morgan fingerprint density at radius 2 is 1.97 bits per heavy atom. The van der Waals surface area contributed by atoms with Crippen molar-refractivity contribution >= 4 is 30.7 Å². The van der Waals surface area contributed by atoms with Crippen molar-refractivity contribution in [1.29, 1.82) is 0 Å². The maximum absolute atomic E-state index is 13.0. The zero-order valence-electron chi connectivity index (χ0n) is 17.7. The molecule has 1 amide bonds. The third-order valence-electron chi connectivity index (χ3n) is 5.68. The Morgan fingerprint density at radius 1 is 1.19 bits per heavy atom. The molecule has 0 saturated carbocycles. The summed E-state index contributed by atoms with van der Waals surface area (Å²) in [6.45, 7) is 5.17. The summed E-state index contributed by atoms with van der Waals surface area (Å²) in [5.41, 5.74) is 8.35. The lowest BCUT2D eigenvalue weighted by Gasteiger charge is -2.35. The van der Waals surface area contributed by atoms with Crippen molar-refractivity contribution in [2.75, 3.05) is 32.8 Å². The minimum absolute atomic E-state index is 0. The van der Waals surface area contributed by atoms with E-state index in [1.165, 1.54) is 5.56 Å². The first-order chi connectivity index (χ1) is 14.1. The Morgan fingerprint density at radius 3 is 2.71 bits per heavy atom. The SMILES string of the molecule is Cc1ccc(OCCN)c(C(=O)N[C@@H]2C[C@H]3CO[C@@H](c4ccccc4)CN3C2)c1.Cl.Cl. The molecule has 2 aromatic rings. The van der Waals surface area contributed by atoms with Gasteiger partial charge in [-0.3, -0.25) is 9.69 Å². The van der Waals surface area contributed by atoms with E-state index in [0.29, 0.717) is 37.1 Å². The zero-order chi connectivity index (χ0) is 20.2. The summed E-state index contributed by atoms with van der Waals surface area (Å²) in [6.07, 6.45) is 0.993. The Kier molecular flexibility index (Phi) is 9.59. The molecule has 0 unspecified atom stereocenters. The Labute approximate surface area is 196 Å². The molecular formula is C23H31Cl2N3O3. The van der Waals surface area contributed by atoms with Crippen LogP contribution in [0.2, 0.25) is 0 Å². The Bertz CT molecular complexity index is 853. The van der Waals surface area contributed by atoms with Crippen LogP contribution in [0.5, 0.6) is 5.75 Å². The van der Waals surface area contributed by atoms with E-state index in [1.807, 2.05) is 43.3 Å². The van der Waals surface area contributed by atoms with E-state index in [4.69, 9.17) is 15.2 Å². The zero-order valence-corrected chi connectivity index (χ0v) is 19.3. The lowest BCUT2D eigenvalue weighted by molar-refractivity contribution is -0.0502. The van der Waals surface area contributed by atoms with Crippen LogP contribution in [0.1, 0.15) is 34.0 Å². The van der Waals surface area contributed by atoms with Crippen LogP contribution < -0.4 is 15.8 Å². The fraction of sp³-hybridized carbons (Fsp3) is 0.435. The normalized spacial score (nSPS) is 22.6. The molecule has 3 atom stereocenters. The summed E-state index contributed by atoms with van der Waals surface area (Å²) in [5, 5.41) is 3.20. The maximum Gasteiger partial charge on any atom is 0.255 e. The van der Waals surface area contributed by atoms with Crippen LogP contribution in [0.25, 0.3) is 0 Å². The van der Waals surface area contributed by atoms with Gasteiger partial charge in [-0.15, -0.1) is 24.8 Å². The van der Waals surface area contributed by atoms with Crippen LogP contribution in [-0.2, 0) is 4.74 Å². The second-order valence-corrected chi connectivity index (χ2v) is 7.88. The number of nitrogens with one attached hydrogen (secondary N) is 1. The number of fused-ring (bicyclic) bond motifs is 1. The summed E-state index contributed by atoms with van der Waals surface area (Å²) >= 11 is 0. The molecule has 2 fully saturated rings. The Hall–Kier alpha value is -1.83. The molecule has 3 N–H and O–H groups in total. The van der Waals surface area contributed by atoms with Crippen molar-refractivity contribution in [3.8, 4) is 5.75 Å². The Balaban J connectivity index is 0.00000171. The average molecular weight is 468 g/mol. The van der Waals surface area contributed by atoms with E-state index in [2.05, 4.69) is 22.3 Å². The van der Waals surface area contributed by atoms with Crippen molar-refractivity contribution in [3.05, 3.63) is 65.2 Å². The van der Waals surface area contributed by atoms with Crippen LogP contribution in [0.3, 0.4) is 0 Å². The van der Waals surface area contributed by atoms with E-state index in [-0.39, 0.29) is 42.9 Å². The number of nitrogens with zero attached hydrogens (tertiary/aromatic N) is 1. The molecule has 2 aromatic carbocycles. The molecule has 4 rings (SSSR count). The number of benzene rings is 2. The van der Waals surface area contributed by atoms with E-state index in [9.17, 15) is 4.79 Å². The van der Waals surface area contributed by atoms with Crippen LogP contribution >= 0.6 is 24.8 Å². The van der Waals surface area contributed by atoms with Gasteiger partial charge in [-0.05, 0) is 31.0 Å². The monoisotopic (exact) mass is 467 g/mol. The quantitative estimate of drug-likeness (QED) is 0.682. The number of aryl methyl sites for hydroxylation is 1. The topological polar surface area (TPSA) is 76.8 Å². The lowest BCUT2D eigenvalue weighted by Crippen LogP contribution is -2.43. The number of rotatable bonds is 6. The van der Waals surface area contributed by atoms with Gasteiger partial charge in [0.1, 0.15) is 12.4 Å². The molecule has 0 aromatic heterocycles. The van der Waals surface area contributed by atoms with Crippen molar-refractivity contribution in [1.82, 2.24) is 10.2 Å². The van der Waals surface area contributed by atoms with Crippen molar-refractivity contribution in [2.24, 2.45) is 5.73 Å². The van der Waals surface area contributed by atoms with Crippen LogP contribution in [-0.4, -0.2) is 55.7 Å². The van der Waals surface area contributed by atoms with E-state index < -0.39 is 0 Å². The number of nitrogens with two attached hydrogens (primary N) is 1. The number of amides is 1. The third-order valence-corrected chi connectivity index (χ3v) is 5.68. The van der Waals surface area contributed by atoms with Gasteiger partial charge in [0.15, 0.2) is 0 Å². The average Bonchev–Trinajstić information content (AvgIpc) is 3.14. The largest absolute Gasteiger partial charge is 0.491 e. The van der Waals surface area contributed by atoms with E-state index >= 15 is 0 Å². The summed E-state index contributed by atoms with van der Waals surface area (Å²) in [6, 6.07) is 16.5. The first kappa shape index (κ1) is 25.4. The van der Waals surface area contributed by atoms with Crippen LogP contribution in [0, 0.1) is 6.92 Å². The molecule has 0 spiro atoms. The standard InChI is InChI=1S/C23H29N3O3.2ClH/c1-16-7-8-21(28-10-9-24)20(11-16)23(27)25-18-12-19-15-29-22(14-26(19)13-18)17-5-3-2-4-6-17;;/h2-8,11,18-19,22H,9-10,12-15,24H2,1H3,(H,25,27);2*1H/t18-,19+,22-;;/m1../s1. The number of carbonyl (C=O) groups is 1. The van der Waals surface area contributed by atoms with Gasteiger partial charge in [-0.2, -0.15) is 0 Å². The fourth-order valence-corrected chi connectivity index (χ4v) is 4.23. The van der Waals surface area contributed by atoms with Crippen molar-refractivity contribution in [2.45, 2.75) is 31.5 Å². The van der Waals surface area contributed by atoms with Gasteiger partial charge in [0.05, 0.1) is 18.3 Å². The molecule has 2 heterocycles. The van der Waals surface area contributed by atoms with Crippen LogP contribution in [0.15, 0.2) is 48.5 Å². The number of halogens is 2. The summed E-state index contributed by atoms with van der Waals surface area (Å²) in [4.78, 5) is 15.4. The van der Waals surface area contributed by atoms with Gasteiger partial charge in [0, 0.05) is 31.7 Å².